The minimum absolute atomic E-state index is 0.240. The number of nitrogens with zero attached hydrogens (tertiary/aromatic N) is 2. The van der Waals surface area contributed by atoms with Crippen molar-refractivity contribution in [2.45, 2.75) is 0 Å². The lowest BCUT2D eigenvalue weighted by Crippen LogP contribution is -2.24. The molecule has 0 saturated heterocycles. The highest BCUT2D eigenvalue weighted by molar-refractivity contribution is 5.92. The van der Waals surface area contributed by atoms with Crippen molar-refractivity contribution < 1.29 is 14.3 Å². The normalized spacial score (nSPS) is 9.83. The number of benzene rings is 1. The number of carbonyl (C=O) groups is 1. The minimum atomic E-state index is -0.296. The van der Waals surface area contributed by atoms with Crippen LogP contribution in [0.3, 0.4) is 0 Å². The summed E-state index contributed by atoms with van der Waals surface area (Å²) in [6, 6.07) is 8.66. The largest absolute Gasteiger partial charge is 0.493 e. The fraction of sp³-hybridized carbons (Fsp3) is 0.188. The van der Waals surface area contributed by atoms with E-state index in [0.29, 0.717) is 23.9 Å². The van der Waals surface area contributed by atoms with Gasteiger partial charge in [-0.05, 0) is 24.3 Å². The molecule has 0 atom stereocenters. The van der Waals surface area contributed by atoms with Crippen LogP contribution in [0.15, 0.2) is 43.0 Å². The average molecular weight is 314 g/mol. The number of ether oxygens (including phenoxy) is 2. The first kappa shape index (κ1) is 16.3. The molecule has 0 aliphatic rings. The highest BCUT2D eigenvalue weighted by Crippen LogP contribution is 2.30. The van der Waals surface area contributed by atoms with Gasteiger partial charge in [0, 0.05) is 18.3 Å². The van der Waals surface area contributed by atoms with Crippen LogP contribution in [0.5, 0.6) is 11.5 Å². The van der Waals surface area contributed by atoms with Crippen LogP contribution in [-0.4, -0.2) is 36.9 Å². The van der Waals surface area contributed by atoms with E-state index in [1.807, 2.05) is 6.07 Å². The predicted molar refractivity (Wildman–Crippen MR) is 87.4 cm³/mol. The Labute approximate surface area is 134 Å². The molecule has 23 heavy (non-hydrogen) atoms. The third-order valence-electron chi connectivity index (χ3n) is 2.96. The molecular weight excluding hydrogens is 296 g/mol. The smallest absolute Gasteiger partial charge is 0.272 e. The number of nitrogens with one attached hydrogen (secondary N) is 2. The van der Waals surface area contributed by atoms with Crippen LogP contribution in [0.4, 0.5) is 11.5 Å². The highest BCUT2D eigenvalue weighted by atomic mass is 16.5. The molecular formula is C16H18N4O3. The van der Waals surface area contributed by atoms with Gasteiger partial charge in [-0.3, -0.25) is 4.79 Å². The summed E-state index contributed by atoms with van der Waals surface area (Å²) in [7, 11) is 3.14. The molecule has 2 N–H and O–H groups in total. The molecule has 2 aromatic rings. The van der Waals surface area contributed by atoms with Crippen molar-refractivity contribution in [2.24, 2.45) is 0 Å². The fourth-order valence-electron chi connectivity index (χ4n) is 1.84. The van der Waals surface area contributed by atoms with Crippen LogP contribution in [0.1, 0.15) is 10.5 Å². The number of carbonyl (C=O) groups excluding carboxylic acids is 1. The average Bonchev–Trinajstić information content (AvgIpc) is 2.60. The minimum Gasteiger partial charge on any atom is -0.493 e. The van der Waals surface area contributed by atoms with Gasteiger partial charge in [-0.2, -0.15) is 0 Å². The molecule has 1 amide bonds. The molecule has 0 fully saturated rings. The lowest BCUT2D eigenvalue weighted by Gasteiger charge is -2.10. The van der Waals surface area contributed by atoms with Crippen molar-refractivity contribution in [1.29, 1.82) is 0 Å². The Bertz CT molecular complexity index is 686. The first-order chi connectivity index (χ1) is 11.2. The van der Waals surface area contributed by atoms with E-state index in [1.54, 1.807) is 44.6 Å². The van der Waals surface area contributed by atoms with Crippen LogP contribution in [0.25, 0.3) is 0 Å². The molecule has 7 heteroatoms. The van der Waals surface area contributed by atoms with Crippen LogP contribution < -0.4 is 20.1 Å². The number of hydrogen-bond acceptors (Lipinski definition) is 6. The molecule has 1 aromatic carbocycles. The second-order valence-corrected chi connectivity index (χ2v) is 4.50. The second-order valence-electron chi connectivity index (χ2n) is 4.50. The summed E-state index contributed by atoms with van der Waals surface area (Å²) in [6.07, 6.45) is 1.60. The van der Waals surface area contributed by atoms with E-state index in [-0.39, 0.29) is 11.6 Å². The number of aromatic nitrogens is 2. The lowest BCUT2D eigenvalue weighted by atomic mass is 10.2. The van der Waals surface area contributed by atoms with Gasteiger partial charge in [0.2, 0.25) is 0 Å². The quantitative estimate of drug-likeness (QED) is 0.762. The van der Waals surface area contributed by atoms with Gasteiger partial charge in [-0.15, -0.1) is 16.8 Å². The van der Waals surface area contributed by atoms with E-state index in [4.69, 9.17) is 9.47 Å². The SMILES string of the molecule is C=CCNC(=O)c1ccc(Nc2ccc(OC)c(OC)c2)nn1. The molecule has 7 nitrogen and oxygen atoms in total. The first-order valence-electron chi connectivity index (χ1n) is 6.89. The summed E-state index contributed by atoms with van der Waals surface area (Å²) in [6.45, 7) is 3.91. The van der Waals surface area contributed by atoms with Gasteiger partial charge < -0.3 is 20.1 Å². The molecule has 0 radical (unpaired) electrons. The Hall–Kier alpha value is -3.09. The maximum absolute atomic E-state index is 11.7. The third-order valence-corrected chi connectivity index (χ3v) is 2.96. The van der Waals surface area contributed by atoms with Gasteiger partial charge in [-0.1, -0.05) is 6.08 Å². The van der Waals surface area contributed by atoms with Crippen LogP contribution in [0.2, 0.25) is 0 Å². The number of methoxy groups -OCH3 is 2. The van der Waals surface area contributed by atoms with Crippen molar-refractivity contribution in [1.82, 2.24) is 15.5 Å². The van der Waals surface area contributed by atoms with Crippen molar-refractivity contribution >= 4 is 17.4 Å². The standard InChI is InChI=1S/C16H18N4O3/c1-4-9-17-16(21)12-6-8-15(20-19-12)18-11-5-7-13(22-2)14(10-11)23-3/h4-8,10H,1,9H2,2-3H3,(H,17,21)(H,18,20). The van der Waals surface area contributed by atoms with Crippen molar-refractivity contribution in [3.8, 4) is 11.5 Å². The summed E-state index contributed by atoms with van der Waals surface area (Å²) in [4.78, 5) is 11.7. The summed E-state index contributed by atoms with van der Waals surface area (Å²) < 4.78 is 10.4. The van der Waals surface area contributed by atoms with E-state index >= 15 is 0 Å². The molecule has 0 saturated carbocycles. The van der Waals surface area contributed by atoms with Crippen LogP contribution in [-0.2, 0) is 0 Å². The molecule has 0 unspecified atom stereocenters. The topological polar surface area (TPSA) is 85.4 Å². The van der Waals surface area contributed by atoms with Gasteiger partial charge >= 0.3 is 0 Å². The summed E-state index contributed by atoms with van der Waals surface area (Å²) in [5, 5.41) is 13.6. The van der Waals surface area contributed by atoms with E-state index in [0.717, 1.165) is 5.69 Å². The van der Waals surface area contributed by atoms with E-state index in [2.05, 4.69) is 27.4 Å². The maximum Gasteiger partial charge on any atom is 0.272 e. The fourth-order valence-corrected chi connectivity index (χ4v) is 1.84. The summed E-state index contributed by atoms with van der Waals surface area (Å²) >= 11 is 0. The lowest BCUT2D eigenvalue weighted by molar-refractivity contribution is 0.0952. The van der Waals surface area contributed by atoms with E-state index < -0.39 is 0 Å². The number of rotatable bonds is 7. The maximum atomic E-state index is 11.7. The Balaban J connectivity index is 2.09. The van der Waals surface area contributed by atoms with Gasteiger partial charge in [0.15, 0.2) is 23.0 Å². The number of amides is 1. The Morgan fingerprint density at radius 3 is 2.57 bits per heavy atom. The molecule has 0 aliphatic heterocycles. The zero-order valence-electron chi connectivity index (χ0n) is 13.0. The zero-order chi connectivity index (χ0) is 16.7. The number of anilines is 2. The molecule has 2 rings (SSSR count). The Morgan fingerprint density at radius 1 is 1.17 bits per heavy atom. The summed E-state index contributed by atoms with van der Waals surface area (Å²) in [5.74, 6) is 1.46. The first-order valence-corrected chi connectivity index (χ1v) is 6.89. The van der Waals surface area contributed by atoms with Gasteiger partial charge in [0.25, 0.3) is 5.91 Å². The van der Waals surface area contributed by atoms with Crippen molar-refractivity contribution in [3.63, 3.8) is 0 Å². The van der Waals surface area contributed by atoms with E-state index in [1.165, 1.54) is 0 Å². The molecule has 0 aliphatic carbocycles. The van der Waals surface area contributed by atoms with Gasteiger partial charge in [0.05, 0.1) is 14.2 Å². The molecule has 120 valence electrons. The highest BCUT2D eigenvalue weighted by Gasteiger charge is 2.08. The van der Waals surface area contributed by atoms with Crippen molar-refractivity contribution in [2.75, 3.05) is 26.1 Å². The molecule has 0 bridgehead atoms. The van der Waals surface area contributed by atoms with Crippen LogP contribution >= 0.6 is 0 Å². The van der Waals surface area contributed by atoms with E-state index in [9.17, 15) is 4.79 Å². The molecule has 0 spiro atoms. The molecule has 1 aromatic heterocycles. The Morgan fingerprint density at radius 2 is 1.96 bits per heavy atom. The Kier molecular flexibility index (Phi) is 5.51. The van der Waals surface area contributed by atoms with Gasteiger partial charge in [-0.25, -0.2) is 0 Å². The zero-order valence-corrected chi connectivity index (χ0v) is 13.0. The third kappa shape index (κ3) is 4.19. The van der Waals surface area contributed by atoms with Gasteiger partial charge in [0.1, 0.15) is 0 Å². The summed E-state index contributed by atoms with van der Waals surface area (Å²) in [5.41, 5.74) is 1.01. The van der Waals surface area contributed by atoms with Crippen molar-refractivity contribution in [3.05, 3.63) is 48.7 Å². The van der Waals surface area contributed by atoms with Crippen LogP contribution in [0, 0.1) is 0 Å². The number of hydrogen-bond donors (Lipinski definition) is 2. The molecule has 1 heterocycles. The monoisotopic (exact) mass is 314 g/mol. The predicted octanol–water partition coefficient (Wildman–Crippen LogP) is 2.15. The second kappa shape index (κ2) is 7.79.